The van der Waals surface area contributed by atoms with Crippen LogP contribution in [0.2, 0.25) is 0 Å². The lowest BCUT2D eigenvalue weighted by atomic mass is 10.1. The minimum atomic E-state index is -0.445. The number of para-hydroxylation sites is 1. The van der Waals surface area contributed by atoms with Crippen molar-refractivity contribution in [2.24, 2.45) is 0 Å². The van der Waals surface area contributed by atoms with E-state index in [4.69, 9.17) is 5.10 Å². The van der Waals surface area contributed by atoms with E-state index in [1.54, 1.807) is 29.1 Å². The van der Waals surface area contributed by atoms with Crippen molar-refractivity contribution in [3.63, 3.8) is 0 Å². The van der Waals surface area contributed by atoms with Gasteiger partial charge in [0, 0.05) is 39.5 Å². The predicted molar refractivity (Wildman–Crippen MR) is 145 cm³/mol. The molecule has 0 radical (unpaired) electrons. The van der Waals surface area contributed by atoms with Crippen molar-refractivity contribution in [3.8, 4) is 28.3 Å². The second-order valence-electron chi connectivity index (χ2n) is 8.07. The highest BCUT2D eigenvalue weighted by Crippen LogP contribution is 2.27. The Bertz CT molecular complexity index is 1890. The number of fused-ring (bicyclic) bond motifs is 1. The SMILES string of the molecule is O=c1c(=Cc2cn(-c3ccccc3)nc2-c2cccc([N+](=O)[O-])c2)sc2nc(-c3ccc(Br)cc3)nn12. The van der Waals surface area contributed by atoms with E-state index in [9.17, 15) is 14.9 Å². The quantitative estimate of drug-likeness (QED) is 0.216. The van der Waals surface area contributed by atoms with Crippen molar-refractivity contribution in [1.29, 1.82) is 0 Å². The molecule has 0 atom stereocenters. The second-order valence-corrected chi connectivity index (χ2v) is 10.00. The molecule has 3 heterocycles. The van der Waals surface area contributed by atoms with E-state index < -0.39 is 4.92 Å². The van der Waals surface area contributed by atoms with E-state index in [0.29, 0.717) is 32.1 Å². The maximum absolute atomic E-state index is 13.2. The number of nitro groups is 1. The molecule has 6 aromatic rings. The Morgan fingerprint density at radius 3 is 2.46 bits per heavy atom. The molecule has 0 fully saturated rings. The molecule has 0 aliphatic rings. The Kier molecular flexibility index (Phi) is 5.70. The standard InChI is InChI=1S/C26H15BrN6O3S/c27-19-11-9-16(10-12-19)24-28-26-32(30-24)25(34)22(37-26)14-18-15-31(20-6-2-1-3-7-20)29-23(18)17-5-4-8-21(13-17)33(35)36/h1-15H. The van der Waals surface area contributed by atoms with Gasteiger partial charge in [-0.25, -0.2) is 4.68 Å². The number of non-ortho nitro benzene ring substituents is 1. The highest BCUT2D eigenvalue weighted by atomic mass is 79.9. The molecule has 9 nitrogen and oxygen atoms in total. The van der Waals surface area contributed by atoms with Gasteiger partial charge in [-0.05, 0) is 30.3 Å². The molecular formula is C26H15BrN6O3S. The molecule has 37 heavy (non-hydrogen) atoms. The van der Waals surface area contributed by atoms with Gasteiger partial charge in [-0.2, -0.15) is 14.6 Å². The summed E-state index contributed by atoms with van der Waals surface area (Å²) in [7, 11) is 0. The maximum Gasteiger partial charge on any atom is 0.291 e. The summed E-state index contributed by atoms with van der Waals surface area (Å²) in [5.74, 6) is 0.469. The van der Waals surface area contributed by atoms with E-state index in [-0.39, 0.29) is 11.2 Å². The Morgan fingerprint density at radius 1 is 0.946 bits per heavy atom. The summed E-state index contributed by atoms with van der Waals surface area (Å²) in [6, 6.07) is 23.3. The highest BCUT2D eigenvalue weighted by molar-refractivity contribution is 9.10. The van der Waals surface area contributed by atoms with Gasteiger partial charge in [0.2, 0.25) is 4.96 Å². The first-order valence-corrected chi connectivity index (χ1v) is 12.6. The third-order valence-electron chi connectivity index (χ3n) is 5.66. The van der Waals surface area contributed by atoms with Crippen LogP contribution >= 0.6 is 27.3 Å². The number of halogens is 1. The number of aromatic nitrogens is 5. The highest BCUT2D eigenvalue weighted by Gasteiger charge is 2.16. The van der Waals surface area contributed by atoms with Crippen LogP contribution < -0.4 is 10.1 Å². The monoisotopic (exact) mass is 570 g/mol. The second kappa shape index (κ2) is 9.19. The molecule has 0 bridgehead atoms. The van der Waals surface area contributed by atoms with Crippen LogP contribution in [0.5, 0.6) is 0 Å². The van der Waals surface area contributed by atoms with E-state index in [1.807, 2.05) is 54.6 Å². The first kappa shape index (κ1) is 23.0. The van der Waals surface area contributed by atoms with Crippen LogP contribution in [0.15, 0.2) is 94.3 Å². The van der Waals surface area contributed by atoms with Crippen LogP contribution in [0, 0.1) is 10.1 Å². The van der Waals surface area contributed by atoms with Crippen molar-refractivity contribution in [2.45, 2.75) is 0 Å². The zero-order valence-electron chi connectivity index (χ0n) is 18.9. The molecular weight excluding hydrogens is 556 g/mol. The number of nitrogens with zero attached hydrogens (tertiary/aromatic N) is 6. The van der Waals surface area contributed by atoms with Crippen LogP contribution in [0.25, 0.3) is 39.4 Å². The first-order valence-electron chi connectivity index (χ1n) is 11.0. The minimum Gasteiger partial charge on any atom is -0.266 e. The molecule has 0 aliphatic carbocycles. The van der Waals surface area contributed by atoms with E-state index >= 15 is 0 Å². The largest absolute Gasteiger partial charge is 0.291 e. The molecule has 6 rings (SSSR count). The van der Waals surface area contributed by atoms with E-state index in [2.05, 4.69) is 26.0 Å². The number of benzene rings is 3. The van der Waals surface area contributed by atoms with Crippen LogP contribution in [0.4, 0.5) is 5.69 Å². The predicted octanol–water partition coefficient (Wildman–Crippen LogP) is 4.89. The van der Waals surface area contributed by atoms with Crippen molar-refractivity contribution in [3.05, 3.63) is 120 Å². The zero-order valence-corrected chi connectivity index (χ0v) is 21.3. The summed E-state index contributed by atoms with van der Waals surface area (Å²) in [4.78, 5) is 29.1. The van der Waals surface area contributed by atoms with Gasteiger partial charge in [0.15, 0.2) is 5.82 Å². The van der Waals surface area contributed by atoms with Crippen LogP contribution in [0.3, 0.4) is 0 Å². The van der Waals surface area contributed by atoms with Gasteiger partial charge in [-0.15, -0.1) is 5.10 Å². The lowest BCUT2D eigenvalue weighted by molar-refractivity contribution is -0.384. The topological polar surface area (TPSA) is 108 Å². The fraction of sp³-hybridized carbons (Fsp3) is 0. The molecule has 0 unspecified atom stereocenters. The molecule has 0 N–H and O–H groups in total. The molecule has 180 valence electrons. The number of rotatable bonds is 5. The van der Waals surface area contributed by atoms with Crippen LogP contribution in [-0.2, 0) is 0 Å². The third kappa shape index (κ3) is 4.34. The van der Waals surface area contributed by atoms with E-state index in [0.717, 1.165) is 15.7 Å². The van der Waals surface area contributed by atoms with Gasteiger partial charge in [0.1, 0.15) is 5.69 Å². The Labute approximate surface area is 221 Å². The molecule has 0 saturated carbocycles. The summed E-state index contributed by atoms with van der Waals surface area (Å²) in [6.45, 7) is 0. The molecule has 3 aromatic heterocycles. The fourth-order valence-corrected chi connectivity index (χ4v) is 5.06. The van der Waals surface area contributed by atoms with Crippen LogP contribution in [-0.4, -0.2) is 29.3 Å². The van der Waals surface area contributed by atoms with Gasteiger partial charge in [-0.1, -0.05) is 69.7 Å². The normalized spacial score (nSPS) is 11.9. The van der Waals surface area contributed by atoms with Gasteiger partial charge < -0.3 is 0 Å². The average Bonchev–Trinajstić information content (AvgIpc) is 3.60. The molecule has 0 amide bonds. The fourth-order valence-electron chi connectivity index (χ4n) is 3.89. The Balaban J connectivity index is 1.49. The summed E-state index contributed by atoms with van der Waals surface area (Å²) in [5.41, 5.74) is 3.01. The van der Waals surface area contributed by atoms with Gasteiger partial charge in [0.25, 0.3) is 11.2 Å². The summed E-state index contributed by atoms with van der Waals surface area (Å²) < 4.78 is 4.35. The van der Waals surface area contributed by atoms with Gasteiger partial charge >= 0.3 is 0 Å². The Hall–Kier alpha value is -4.48. The lowest BCUT2D eigenvalue weighted by Crippen LogP contribution is -2.23. The lowest BCUT2D eigenvalue weighted by Gasteiger charge is -2.00. The number of hydrogen-bond donors (Lipinski definition) is 0. The van der Waals surface area contributed by atoms with Crippen molar-refractivity contribution >= 4 is 44.0 Å². The summed E-state index contributed by atoms with van der Waals surface area (Å²) in [5, 5.41) is 20.5. The van der Waals surface area contributed by atoms with Crippen LogP contribution in [0.1, 0.15) is 5.56 Å². The number of hydrogen-bond acceptors (Lipinski definition) is 7. The van der Waals surface area contributed by atoms with Crippen molar-refractivity contribution < 1.29 is 4.92 Å². The minimum absolute atomic E-state index is 0.0403. The summed E-state index contributed by atoms with van der Waals surface area (Å²) in [6.07, 6.45) is 3.52. The maximum atomic E-state index is 13.2. The first-order chi connectivity index (χ1) is 18.0. The zero-order chi connectivity index (χ0) is 25.5. The third-order valence-corrected chi connectivity index (χ3v) is 7.15. The van der Waals surface area contributed by atoms with E-state index in [1.165, 1.54) is 28.0 Å². The molecule has 11 heteroatoms. The summed E-state index contributed by atoms with van der Waals surface area (Å²) >= 11 is 4.63. The molecule has 0 aliphatic heterocycles. The Morgan fingerprint density at radius 2 is 1.73 bits per heavy atom. The van der Waals surface area contributed by atoms with Gasteiger partial charge in [0.05, 0.1) is 15.1 Å². The molecule has 3 aromatic carbocycles. The van der Waals surface area contributed by atoms with Gasteiger partial charge in [-0.3, -0.25) is 14.9 Å². The molecule has 0 saturated heterocycles. The average molecular weight is 571 g/mol. The smallest absolute Gasteiger partial charge is 0.266 e. The number of nitro benzene ring substituents is 1. The number of thiazole rings is 1. The van der Waals surface area contributed by atoms with Crippen molar-refractivity contribution in [1.82, 2.24) is 24.4 Å². The molecule has 0 spiro atoms. The van der Waals surface area contributed by atoms with Crippen molar-refractivity contribution in [2.75, 3.05) is 0 Å².